The van der Waals surface area contributed by atoms with Crippen LogP contribution in [0.2, 0.25) is 5.02 Å². The monoisotopic (exact) mass is 339 g/mol. The Morgan fingerprint density at radius 1 is 1.17 bits per heavy atom. The molecule has 1 amide bonds. The number of anilines is 1. The highest BCUT2D eigenvalue weighted by molar-refractivity contribution is 6.32. The summed E-state index contributed by atoms with van der Waals surface area (Å²) in [6.07, 6.45) is 1.68. The van der Waals surface area contributed by atoms with Gasteiger partial charge in [-0.05, 0) is 30.3 Å². The molecule has 0 saturated carbocycles. The molecule has 24 heavy (non-hydrogen) atoms. The van der Waals surface area contributed by atoms with Gasteiger partial charge in [-0.2, -0.15) is 0 Å². The van der Waals surface area contributed by atoms with Crippen LogP contribution in [0.3, 0.4) is 0 Å². The minimum Gasteiger partial charge on any atom is -0.373 e. The number of amides is 1. The average Bonchev–Trinajstić information content (AvgIpc) is 2.61. The number of carbonyl (C=O) groups is 1. The molecule has 3 aromatic rings. The van der Waals surface area contributed by atoms with Gasteiger partial charge in [0, 0.05) is 42.4 Å². The van der Waals surface area contributed by atoms with E-state index in [9.17, 15) is 4.79 Å². The maximum Gasteiger partial charge on any atom is 0.253 e. The van der Waals surface area contributed by atoms with Crippen molar-refractivity contribution in [3.8, 4) is 0 Å². The fourth-order valence-electron chi connectivity index (χ4n) is 2.57. The van der Waals surface area contributed by atoms with Crippen molar-refractivity contribution in [1.29, 1.82) is 0 Å². The maximum absolute atomic E-state index is 12.5. The van der Waals surface area contributed by atoms with Gasteiger partial charge in [0.25, 0.3) is 5.91 Å². The van der Waals surface area contributed by atoms with Crippen LogP contribution in [0.5, 0.6) is 0 Å². The van der Waals surface area contributed by atoms with Gasteiger partial charge < -0.3 is 10.2 Å². The van der Waals surface area contributed by atoms with Crippen LogP contribution in [0, 0.1) is 0 Å². The van der Waals surface area contributed by atoms with Crippen molar-refractivity contribution in [1.82, 2.24) is 10.3 Å². The number of nitrogens with zero attached hydrogens (tertiary/aromatic N) is 2. The normalized spacial score (nSPS) is 10.6. The molecule has 0 fully saturated rings. The summed E-state index contributed by atoms with van der Waals surface area (Å²) >= 11 is 6.12. The van der Waals surface area contributed by atoms with E-state index in [-0.39, 0.29) is 5.91 Å². The van der Waals surface area contributed by atoms with Crippen molar-refractivity contribution >= 4 is 34.1 Å². The number of carbonyl (C=O) groups excluding carboxylic acids is 1. The zero-order valence-corrected chi connectivity index (χ0v) is 14.1. The van der Waals surface area contributed by atoms with Gasteiger partial charge in [-0.3, -0.25) is 9.78 Å². The van der Waals surface area contributed by atoms with Gasteiger partial charge >= 0.3 is 0 Å². The van der Waals surface area contributed by atoms with Crippen LogP contribution in [-0.4, -0.2) is 31.0 Å². The molecular weight excluding hydrogens is 322 g/mol. The third-order valence-electron chi connectivity index (χ3n) is 3.84. The topological polar surface area (TPSA) is 45.2 Å². The number of likely N-dealkylation sites (N-methyl/N-ethyl adjacent to an activating group) is 1. The lowest BCUT2D eigenvalue weighted by molar-refractivity contribution is 0.0956. The van der Waals surface area contributed by atoms with E-state index in [4.69, 9.17) is 11.6 Å². The second-order valence-corrected chi connectivity index (χ2v) is 5.98. The zero-order chi connectivity index (χ0) is 16.9. The third-order valence-corrected chi connectivity index (χ3v) is 4.06. The molecule has 0 bridgehead atoms. The molecule has 0 atom stereocenters. The Bertz CT molecular complexity index is 852. The summed E-state index contributed by atoms with van der Waals surface area (Å²) in [5, 5.41) is 4.33. The van der Waals surface area contributed by atoms with Gasteiger partial charge in [0.15, 0.2) is 0 Å². The molecule has 5 heteroatoms. The zero-order valence-electron chi connectivity index (χ0n) is 13.4. The van der Waals surface area contributed by atoms with Crippen molar-refractivity contribution in [2.45, 2.75) is 0 Å². The standard InChI is InChI=1S/C19H18ClN3O/c1-23(16-7-3-2-4-8-16)11-10-22-19(24)17-13-15(20)12-14-6-5-9-21-18(14)17/h2-9,12-13H,10-11H2,1H3,(H,22,24). The van der Waals surface area contributed by atoms with E-state index in [0.717, 1.165) is 11.1 Å². The van der Waals surface area contributed by atoms with Gasteiger partial charge in [0.1, 0.15) is 0 Å². The minimum atomic E-state index is -0.164. The van der Waals surface area contributed by atoms with Crippen molar-refractivity contribution in [2.24, 2.45) is 0 Å². The number of benzene rings is 2. The van der Waals surface area contributed by atoms with Crippen LogP contribution < -0.4 is 10.2 Å². The van der Waals surface area contributed by atoms with Gasteiger partial charge in [-0.25, -0.2) is 0 Å². The van der Waals surface area contributed by atoms with E-state index >= 15 is 0 Å². The number of para-hydroxylation sites is 1. The number of nitrogens with one attached hydrogen (secondary N) is 1. The third kappa shape index (κ3) is 3.66. The summed E-state index contributed by atoms with van der Waals surface area (Å²) in [6.45, 7) is 1.24. The first-order chi connectivity index (χ1) is 11.6. The molecule has 2 aromatic carbocycles. The lowest BCUT2D eigenvalue weighted by Crippen LogP contribution is -2.33. The molecule has 122 valence electrons. The van der Waals surface area contributed by atoms with E-state index in [2.05, 4.69) is 15.2 Å². The van der Waals surface area contributed by atoms with Crippen LogP contribution in [0.25, 0.3) is 10.9 Å². The molecule has 1 heterocycles. The van der Waals surface area contributed by atoms with Crippen LogP contribution in [0.4, 0.5) is 5.69 Å². The summed E-state index contributed by atoms with van der Waals surface area (Å²) in [5.74, 6) is -0.164. The summed E-state index contributed by atoms with van der Waals surface area (Å²) in [5.41, 5.74) is 2.28. The van der Waals surface area contributed by atoms with Crippen molar-refractivity contribution in [2.75, 3.05) is 25.0 Å². The number of pyridine rings is 1. The van der Waals surface area contributed by atoms with Crippen LogP contribution in [0.15, 0.2) is 60.8 Å². The minimum absolute atomic E-state index is 0.164. The molecule has 1 N–H and O–H groups in total. The predicted molar refractivity (Wildman–Crippen MR) is 98.8 cm³/mol. The summed E-state index contributed by atoms with van der Waals surface area (Å²) in [6, 6.07) is 17.2. The number of halogens is 1. The second-order valence-electron chi connectivity index (χ2n) is 5.54. The maximum atomic E-state index is 12.5. The number of hydrogen-bond donors (Lipinski definition) is 1. The van der Waals surface area contributed by atoms with Crippen molar-refractivity contribution < 1.29 is 4.79 Å². The largest absolute Gasteiger partial charge is 0.373 e. The second kappa shape index (κ2) is 7.32. The highest BCUT2D eigenvalue weighted by Gasteiger charge is 2.12. The van der Waals surface area contributed by atoms with E-state index < -0.39 is 0 Å². The van der Waals surface area contributed by atoms with Crippen LogP contribution >= 0.6 is 11.6 Å². The molecule has 0 spiro atoms. The van der Waals surface area contributed by atoms with Crippen LogP contribution in [-0.2, 0) is 0 Å². The number of fused-ring (bicyclic) bond motifs is 1. The smallest absolute Gasteiger partial charge is 0.253 e. The van der Waals surface area contributed by atoms with E-state index in [1.165, 1.54) is 0 Å². The molecule has 0 aliphatic rings. The number of aromatic nitrogens is 1. The molecular formula is C19H18ClN3O. The lowest BCUT2D eigenvalue weighted by Gasteiger charge is -2.19. The first-order valence-electron chi connectivity index (χ1n) is 7.74. The van der Waals surface area contributed by atoms with Gasteiger partial charge in [-0.1, -0.05) is 35.9 Å². The fourth-order valence-corrected chi connectivity index (χ4v) is 2.80. The Labute approximate surface area is 146 Å². The molecule has 0 aliphatic carbocycles. The van der Waals surface area contributed by atoms with E-state index in [0.29, 0.717) is 29.2 Å². The highest BCUT2D eigenvalue weighted by atomic mass is 35.5. The molecule has 3 rings (SSSR count). The molecule has 1 aromatic heterocycles. The molecule has 0 saturated heterocycles. The summed E-state index contributed by atoms with van der Waals surface area (Å²) in [4.78, 5) is 18.9. The van der Waals surface area contributed by atoms with Crippen molar-refractivity contribution in [3.05, 3.63) is 71.4 Å². The Morgan fingerprint density at radius 3 is 2.75 bits per heavy atom. The highest BCUT2D eigenvalue weighted by Crippen LogP contribution is 2.22. The summed E-state index contributed by atoms with van der Waals surface area (Å²) in [7, 11) is 2.00. The Kier molecular flexibility index (Phi) is 4.96. The SMILES string of the molecule is CN(CCNC(=O)c1cc(Cl)cc2cccnc12)c1ccccc1. The van der Waals surface area contributed by atoms with E-state index in [1.807, 2.05) is 55.6 Å². The Balaban J connectivity index is 1.68. The first-order valence-corrected chi connectivity index (χ1v) is 8.11. The molecule has 0 aliphatic heterocycles. The molecule has 0 unspecified atom stereocenters. The first kappa shape index (κ1) is 16.3. The van der Waals surface area contributed by atoms with Gasteiger partial charge in [-0.15, -0.1) is 0 Å². The number of rotatable bonds is 5. The lowest BCUT2D eigenvalue weighted by atomic mass is 10.1. The van der Waals surface area contributed by atoms with Crippen LogP contribution in [0.1, 0.15) is 10.4 Å². The Morgan fingerprint density at radius 2 is 1.96 bits per heavy atom. The average molecular weight is 340 g/mol. The van der Waals surface area contributed by atoms with Gasteiger partial charge in [0.2, 0.25) is 0 Å². The molecule has 0 radical (unpaired) electrons. The summed E-state index contributed by atoms with van der Waals surface area (Å²) < 4.78 is 0. The molecule has 4 nitrogen and oxygen atoms in total. The predicted octanol–water partition coefficient (Wildman–Crippen LogP) is 3.75. The Hall–Kier alpha value is -2.59. The van der Waals surface area contributed by atoms with E-state index in [1.54, 1.807) is 12.3 Å². The fraction of sp³-hybridized carbons (Fsp3) is 0.158. The van der Waals surface area contributed by atoms with Gasteiger partial charge in [0.05, 0.1) is 11.1 Å². The van der Waals surface area contributed by atoms with Crippen molar-refractivity contribution in [3.63, 3.8) is 0 Å². The number of hydrogen-bond acceptors (Lipinski definition) is 3. The quantitative estimate of drug-likeness (QED) is 0.770.